The molecule has 3 heterocycles. The molecule has 1 aliphatic heterocycles. The third kappa shape index (κ3) is 2.64. The predicted octanol–water partition coefficient (Wildman–Crippen LogP) is 3.47. The number of pyridine rings is 1. The lowest BCUT2D eigenvalue weighted by Gasteiger charge is -2.12. The largest absolute Gasteiger partial charge is 0.365 e. The summed E-state index contributed by atoms with van der Waals surface area (Å²) in [5, 5.41) is 4.37. The van der Waals surface area contributed by atoms with Crippen molar-refractivity contribution in [2.75, 3.05) is 11.9 Å². The van der Waals surface area contributed by atoms with Crippen LogP contribution < -0.4 is 11.1 Å². The van der Waals surface area contributed by atoms with E-state index in [2.05, 4.69) is 40.3 Å². The Morgan fingerprint density at radius 2 is 2.21 bits per heavy atom. The van der Waals surface area contributed by atoms with Gasteiger partial charge in [-0.25, -0.2) is 4.98 Å². The number of hydrogen-bond donors (Lipinski definition) is 2. The van der Waals surface area contributed by atoms with Crippen molar-refractivity contribution in [3.05, 3.63) is 52.4 Å². The molecule has 0 saturated heterocycles. The summed E-state index contributed by atoms with van der Waals surface area (Å²) in [6.07, 6.45) is 0. The molecule has 6 heteroatoms. The summed E-state index contributed by atoms with van der Waals surface area (Å²) in [4.78, 5) is 19.7. The molecular weight excluding hydrogens is 320 g/mol. The number of nitrogens with one attached hydrogen (secondary N) is 1. The summed E-state index contributed by atoms with van der Waals surface area (Å²) in [5.74, 6) is 0.372. The lowest BCUT2D eigenvalue weighted by atomic mass is 10.1. The van der Waals surface area contributed by atoms with Crippen LogP contribution in [0.5, 0.6) is 0 Å². The lowest BCUT2D eigenvalue weighted by molar-refractivity contribution is 0.100. The van der Waals surface area contributed by atoms with E-state index in [0.29, 0.717) is 4.88 Å². The second-order valence-electron chi connectivity index (χ2n) is 5.94. The number of benzene rings is 1. The van der Waals surface area contributed by atoms with Crippen molar-refractivity contribution >= 4 is 39.0 Å². The number of nitrogens with two attached hydrogens (primary N) is 1. The number of hydrogen-bond acceptors (Lipinski definition) is 5. The van der Waals surface area contributed by atoms with E-state index in [-0.39, 0.29) is 0 Å². The zero-order valence-electron chi connectivity index (χ0n) is 13.4. The van der Waals surface area contributed by atoms with E-state index in [0.717, 1.165) is 41.4 Å². The fourth-order valence-corrected chi connectivity index (χ4v) is 3.96. The molecule has 1 aliphatic rings. The molecule has 0 bridgehead atoms. The van der Waals surface area contributed by atoms with Crippen LogP contribution in [0.25, 0.3) is 10.2 Å². The molecule has 1 amide bonds. The van der Waals surface area contributed by atoms with Crippen LogP contribution in [0.1, 0.15) is 27.7 Å². The van der Waals surface area contributed by atoms with Crippen molar-refractivity contribution in [2.45, 2.75) is 20.0 Å². The molecule has 4 rings (SSSR count). The van der Waals surface area contributed by atoms with Crippen LogP contribution in [-0.4, -0.2) is 22.3 Å². The highest BCUT2D eigenvalue weighted by atomic mass is 32.1. The number of fused-ring (bicyclic) bond motifs is 2. The average molecular weight is 338 g/mol. The van der Waals surface area contributed by atoms with Crippen LogP contribution in [0, 0.1) is 0 Å². The minimum absolute atomic E-state index is 0.409. The number of rotatable bonds is 4. The van der Waals surface area contributed by atoms with Gasteiger partial charge in [0.25, 0.3) is 5.91 Å². The third-order valence-electron chi connectivity index (χ3n) is 4.38. The van der Waals surface area contributed by atoms with Crippen LogP contribution in [0.15, 0.2) is 36.4 Å². The standard InChI is InChI=1S/C18H18N4OS/c1-2-22-9-12-4-3-5-14(13(12)10-22)20-16-7-6-11-8-15(17(19)23)24-18(11)21-16/h3-8H,2,9-10H2,1H3,(H2,19,23)(H,20,21). The molecule has 0 aliphatic carbocycles. The predicted molar refractivity (Wildman–Crippen MR) is 97.7 cm³/mol. The van der Waals surface area contributed by atoms with Crippen molar-refractivity contribution in [3.8, 4) is 0 Å². The first kappa shape index (κ1) is 15.1. The van der Waals surface area contributed by atoms with Crippen LogP contribution in [-0.2, 0) is 13.1 Å². The Morgan fingerprint density at radius 1 is 1.33 bits per heavy atom. The molecule has 0 unspecified atom stereocenters. The Labute approximate surface area is 144 Å². The van der Waals surface area contributed by atoms with Crippen LogP contribution in [0.4, 0.5) is 11.5 Å². The molecule has 0 fully saturated rings. The summed E-state index contributed by atoms with van der Waals surface area (Å²) in [7, 11) is 0. The number of carbonyl (C=O) groups excluding carboxylic acids is 1. The minimum atomic E-state index is -0.409. The highest BCUT2D eigenvalue weighted by Crippen LogP contribution is 2.32. The molecule has 0 spiro atoms. The van der Waals surface area contributed by atoms with Crippen LogP contribution >= 0.6 is 11.3 Å². The van der Waals surface area contributed by atoms with Gasteiger partial charge in [0.2, 0.25) is 0 Å². The average Bonchev–Trinajstić information content (AvgIpc) is 3.18. The molecule has 0 atom stereocenters. The molecule has 24 heavy (non-hydrogen) atoms. The summed E-state index contributed by atoms with van der Waals surface area (Å²) < 4.78 is 0. The van der Waals surface area contributed by atoms with Gasteiger partial charge in [-0.2, -0.15) is 0 Å². The normalized spacial score (nSPS) is 14.0. The second-order valence-corrected chi connectivity index (χ2v) is 6.97. The Morgan fingerprint density at radius 3 is 3.00 bits per heavy atom. The molecule has 5 nitrogen and oxygen atoms in total. The number of anilines is 2. The summed E-state index contributed by atoms with van der Waals surface area (Å²) in [6, 6.07) is 12.0. The molecule has 0 radical (unpaired) electrons. The number of thiophene rings is 1. The van der Waals surface area contributed by atoms with Crippen molar-refractivity contribution in [3.63, 3.8) is 0 Å². The van der Waals surface area contributed by atoms with Gasteiger partial charge in [-0.05, 0) is 41.9 Å². The smallest absolute Gasteiger partial charge is 0.258 e. The maximum absolute atomic E-state index is 11.3. The van der Waals surface area contributed by atoms with E-state index in [1.807, 2.05) is 12.1 Å². The Balaban J connectivity index is 1.66. The zero-order valence-corrected chi connectivity index (χ0v) is 14.2. The monoisotopic (exact) mass is 338 g/mol. The highest BCUT2D eigenvalue weighted by molar-refractivity contribution is 7.20. The minimum Gasteiger partial charge on any atom is -0.365 e. The molecular formula is C18H18N4OS. The zero-order chi connectivity index (χ0) is 16.7. The van der Waals surface area contributed by atoms with Gasteiger partial charge in [0.1, 0.15) is 10.6 Å². The van der Waals surface area contributed by atoms with Gasteiger partial charge < -0.3 is 11.1 Å². The highest BCUT2D eigenvalue weighted by Gasteiger charge is 2.20. The van der Waals surface area contributed by atoms with Crippen molar-refractivity contribution in [1.82, 2.24) is 9.88 Å². The van der Waals surface area contributed by atoms with E-state index in [4.69, 9.17) is 5.73 Å². The fourth-order valence-electron chi connectivity index (χ4n) is 3.08. The van der Waals surface area contributed by atoms with Gasteiger partial charge in [0.15, 0.2) is 0 Å². The Bertz CT molecular complexity index is 934. The van der Waals surface area contributed by atoms with Crippen LogP contribution in [0.2, 0.25) is 0 Å². The molecule has 3 N–H and O–H groups in total. The quantitative estimate of drug-likeness (QED) is 0.764. The first-order valence-electron chi connectivity index (χ1n) is 7.94. The number of carbonyl (C=O) groups is 1. The molecule has 3 aromatic rings. The number of primary amides is 1. The van der Waals surface area contributed by atoms with Crippen molar-refractivity contribution < 1.29 is 4.79 Å². The Kier molecular flexibility index (Phi) is 3.70. The first-order chi connectivity index (χ1) is 11.6. The van der Waals surface area contributed by atoms with Gasteiger partial charge in [-0.1, -0.05) is 19.1 Å². The number of amides is 1. The van der Waals surface area contributed by atoms with E-state index in [1.165, 1.54) is 22.5 Å². The summed E-state index contributed by atoms with van der Waals surface area (Å²) in [5.41, 5.74) is 9.16. The summed E-state index contributed by atoms with van der Waals surface area (Å²) in [6.45, 7) is 5.19. The van der Waals surface area contributed by atoms with E-state index in [1.54, 1.807) is 6.07 Å². The fraction of sp³-hybridized carbons (Fsp3) is 0.222. The van der Waals surface area contributed by atoms with Crippen LogP contribution in [0.3, 0.4) is 0 Å². The van der Waals surface area contributed by atoms with Gasteiger partial charge in [0.05, 0.1) is 4.88 Å². The lowest BCUT2D eigenvalue weighted by Crippen LogP contribution is -2.14. The molecule has 1 aromatic carbocycles. The van der Waals surface area contributed by atoms with Gasteiger partial charge >= 0.3 is 0 Å². The van der Waals surface area contributed by atoms with Crippen molar-refractivity contribution in [2.24, 2.45) is 5.73 Å². The van der Waals surface area contributed by atoms with E-state index < -0.39 is 5.91 Å². The molecule has 2 aromatic heterocycles. The third-order valence-corrected chi connectivity index (χ3v) is 5.44. The topological polar surface area (TPSA) is 71.2 Å². The molecule has 0 saturated carbocycles. The van der Waals surface area contributed by atoms with Crippen molar-refractivity contribution in [1.29, 1.82) is 0 Å². The van der Waals surface area contributed by atoms with E-state index >= 15 is 0 Å². The SMILES string of the molecule is CCN1Cc2cccc(Nc3ccc4cc(C(N)=O)sc4n3)c2C1. The van der Waals surface area contributed by atoms with Gasteiger partial charge in [-0.15, -0.1) is 11.3 Å². The number of nitrogens with zero attached hydrogens (tertiary/aromatic N) is 2. The van der Waals surface area contributed by atoms with E-state index in [9.17, 15) is 4.79 Å². The maximum Gasteiger partial charge on any atom is 0.258 e. The molecule has 122 valence electrons. The van der Waals surface area contributed by atoms with Gasteiger partial charge in [-0.3, -0.25) is 9.69 Å². The maximum atomic E-state index is 11.3. The number of aromatic nitrogens is 1. The second kappa shape index (κ2) is 5.89. The van der Waals surface area contributed by atoms with Gasteiger partial charge in [0, 0.05) is 24.2 Å². The Hall–Kier alpha value is -2.44. The summed E-state index contributed by atoms with van der Waals surface area (Å²) >= 11 is 1.33. The first-order valence-corrected chi connectivity index (χ1v) is 8.76.